The third kappa shape index (κ3) is 5.07. The van der Waals surface area contributed by atoms with Crippen molar-refractivity contribution in [1.29, 1.82) is 0 Å². The van der Waals surface area contributed by atoms with E-state index in [1.54, 1.807) is 19.1 Å². The minimum absolute atomic E-state index is 0.0293. The topological polar surface area (TPSA) is 116 Å². The predicted molar refractivity (Wildman–Crippen MR) is 110 cm³/mol. The van der Waals surface area contributed by atoms with Crippen molar-refractivity contribution in [1.82, 2.24) is 9.78 Å². The molecule has 3 aromatic rings. The minimum atomic E-state index is -0.552. The molecule has 9 nitrogen and oxygen atoms in total. The van der Waals surface area contributed by atoms with E-state index in [0.29, 0.717) is 5.69 Å². The molecule has 0 atom stereocenters. The van der Waals surface area contributed by atoms with Gasteiger partial charge in [0.2, 0.25) is 5.91 Å². The zero-order chi connectivity index (χ0) is 21.5. The summed E-state index contributed by atoms with van der Waals surface area (Å²) in [7, 11) is 0. The monoisotopic (exact) mass is 408 g/mol. The van der Waals surface area contributed by atoms with Crippen LogP contribution in [0.3, 0.4) is 0 Å². The Labute approximate surface area is 172 Å². The summed E-state index contributed by atoms with van der Waals surface area (Å²) in [5.74, 6) is -0.889. The van der Waals surface area contributed by atoms with Crippen molar-refractivity contribution in [2.24, 2.45) is 0 Å². The van der Waals surface area contributed by atoms with E-state index in [9.17, 15) is 19.7 Å². The van der Waals surface area contributed by atoms with Crippen molar-refractivity contribution in [2.75, 3.05) is 11.9 Å². The highest BCUT2D eigenvalue weighted by molar-refractivity contribution is 6.02. The van der Waals surface area contributed by atoms with E-state index in [-0.39, 0.29) is 36.7 Å². The highest BCUT2D eigenvalue weighted by atomic mass is 16.6. The van der Waals surface area contributed by atoms with Crippen LogP contribution in [0.15, 0.2) is 60.9 Å². The van der Waals surface area contributed by atoms with Crippen molar-refractivity contribution >= 4 is 23.3 Å². The van der Waals surface area contributed by atoms with E-state index in [2.05, 4.69) is 10.4 Å². The number of aryl methyl sites for hydroxylation is 1. The highest BCUT2D eigenvalue weighted by Crippen LogP contribution is 2.26. The molecule has 0 saturated carbocycles. The van der Waals surface area contributed by atoms with E-state index >= 15 is 0 Å². The minimum Gasteiger partial charge on any atom is -0.462 e. The molecule has 3 rings (SSSR count). The van der Waals surface area contributed by atoms with Crippen molar-refractivity contribution in [3.8, 4) is 11.1 Å². The van der Waals surface area contributed by atoms with E-state index < -0.39 is 10.9 Å². The van der Waals surface area contributed by atoms with Gasteiger partial charge in [-0.15, -0.1) is 0 Å². The lowest BCUT2D eigenvalue weighted by Crippen LogP contribution is -2.17. The number of carbonyl (C=O) groups is 2. The Morgan fingerprint density at radius 1 is 1.17 bits per heavy atom. The van der Waals surface area contributed by atoms with E-state index in [0.717, 1.165) is 17.3 Å². The number of aromatic nitrogens is 2. The number of esters is 1. The summed E-state index contributed by atoms with van der Waals surface area (Å²) < 4.78 is 6.45. The summed E-state index contributed by atoms with van der Waals surface area (Å²) in [6, 6.07) is 14.7. The number of benzene rings is 2. The molecule has 0 aliphatic rings. The lowest BCUT2D eigenvalue weighted by atomic mass is 10.0. The average molecular weight is 408 g/mol. The first-order valence-corrected chi connectivity index (χ1v) is 9.31. The number of nitrogens with zero attached hydrogens (tertiary/aromatic N) is 3. The van der Waals surface area contributed by atoms with Crippen molar-refractivity contribution in [2.45, 2.75) is 19.9 Å². The van der Waals surface area contributed by atoms with Crippen LogP contribution in [0.5, 0.6) is 0 Å². The molecule has 0 bridgehead atoms. The lowest BCUT2D eigenvalue weighted by molar-refractivity contribution is -0.385. The van der Waals surface area contributed by atoms with Gasteiger partial charge in [-0.05, 0) is 30.2 Å². The Balaban J connectivity index is 1.75. The molecule has 2 aromatic carbocycles. The summed E-state index contributed by atoms with van der Waals surface area (Å²) in [5.41, 5.74) is 2.20. The zero-order valence-electron chi connectivity index (χ0n) is 16.3. The molecule has 0 spiro atoms. The molecule has 0 radical (unpaired) electrons. The fraction of sp³-hybridized carbons (Fsp3) is 0.190. The van der Waals surface area contributed by atoms with Crippen LogP contribution in [0.25, 0.3) is 11.1 Å². The van der Waals surface area contributed by atoms with Crippen LogP contribution in [0, 0.1) is 10.1 Å². The molecule has 1 amide bonds. The molecule has 30 heavy (non-hydrogen) atoms. The number of anilines is 1. The Bertz CT molecular complexity index is 1060. The number of carbonyl (C=O) groups excluding carboxylic acids is 2. The van der Waals surface area contributed by atoms with Crippen molar-refractivity contribution < 1.29 is 19.2 Å². The molecule has 154 valence electrons. The fourth-order valence-electron chi connectivity index (χ4n) is 2.84. The maximum absolute atomic E-state index is 12.4. The molecule has 0 aliphatic heterocycles. The maximum Gasteiger partial charge on any atom is 0.340 e. The second-order valence-corrected chi connectivity index (χ2v) is 6.36. The summed E-state index contributed by atoms with van der Waals surface area (Å²) in [6.07, 6.45) is 2.41. The van der Waals surface area contributed by atoms with Crippen LogP contribution in [0.2, 0.25) is 0 Å². The number of amides is 1. The number of hydrogen-bond acceptors (Lipinski definition) is 6. The third-order valence-electron chi connectivity index (χ3n) is 4.29. The molecule has 1 N–H and O–H groups in total. The number of rotatable bonds is 8. The molecule has 1 heterocycles. The summed E-state index contributed by atoms with van der Waals surface area (Å²) >= 11 is 0. The van der Waals surface area contributed by atoms with Crippen LogP contribution in [0.1, 0.15) is 23.7 Å². The first-order chi connectivity index (χ1) is 14.5. The fourth-order valence-corrected chi connectivity index (χ4v) is 2.84. The van der Waals surface area contributed by atoms with Gasteiger partial charge in [-0.2, -0.15) is 5.10 Å². The lowest BCUT2D eigenvalue weighted by Gasteiger charge is -2.13. The quantitative estimate of drug-likeness (QED) is 0.345. The van der Waals surface area contributed by atoms with Crippen LogP contribution >= 0.6 is 0 Å². The van der Waals surface area contributed by atoms with Gasteiger partial charge in [-0.3, -0.25) is 19.6 Å². The molecule has 0 fully saturated rings. The second-order valence-electron chi connectivity index (χ2n) is 6.36. The summed E-state index contributed by atoms with van der Waals surface area (Å²) in [5, 5.41) is 17.3. The Kier molecular flexibility index (Phi) is 6.53. The normalized spacial score (nSPS) is 10.4. The Morgan fingerprint density at radius 2 is 1.93 bits per heavy atom. The van der Waals surface area contributed by atoms with E-state index in [1.165, 1.54) is 10.9 Å². The number of hydrogen-bond donors (Lipinski definition) is 1. The van der Waals surface area contributed by atoms with Gasteiger partial charge in [0.1, 0.15) is 12.4 Å². The van der Waals surface area contributed by atoms with Gasteiger partial charge in [0.25, 0.3) is 0 Å². The Morgan fingerprint density at radius 3 is 2.60 bits per heavy atom. The van der Waals surface area contributed by atoms with Gasteiger partial charge < -0.3 is 10.1 Å². The highest BCUT2D eigenvalue weighted by Gasteiger charge is 2.17. The van der Waals surface area contributed by atoms with Crippen LogP contribution < -0.4 is 5.32 Å². The first-order valence-electron chi connectivity index (χ1n) is 9.31. The van der Waals surface area contributed by atoms with Crippen molar-refractivity contribution in [3.63, 3.8) is 0 Å². The van der Waals surface area contributed by atoms with Gasteiger partial charge in [0.05, 0.1) is 22.8 Å². The first kappa shape index (κ1) is 20.7. The van der Waals surface area contributed by atoms with Gasteiger partial charge in [-0.1, -0.05) is 36.4 Å². The second kappa shape index (κ2) is 9.46. The smallest absolute Gasteiger partial charge is 0.340 e. The largest absolute Gasteiger partial charge is 0.462 e. The van der Waals surface area contributed by atoms with Gasteiger partial charge in [0, 0.05) is 13.0 Å². The number of nitro groups is 1. The van der Waals surface area contributed by atoms with Crippen LogP contribution in [-0.4, -0.2) is 33.2 Å². The number of nitrogens with one attached hydrogen (secondary N) is 1. The average Bonchev–Trinajstić information content (AvgIpc) is 3.23. The van der Waals surface area contributed by atoms with Crippen molar-refractivity contribution in [3.05, 3.63) is 76.6 Å². The van der Waals surface area contributed by atoms with Gasteiger partial charge in [0.15, 0.2) is 0 Å². The van der Waals surface area contributed by atoms with Crippen LogP contribution in [-0.2, 0) is 16.1 Å². The Hall–Kier alpha value is -4.01. The standard InChI is InChI=1S/C21H20N4O5/c1-2-30-21(27)18-12-16(15-6-4-3-5-7-15)8-9-19(18)23-20(26)10-11-24-14-17(13-22-24)25(28)29/h3-9,12-14H,2,10-11H2,1H3,(H,23,26). The molecule has 9 heteroatoms. The van der Waals surface area contributed by atoms with E-state index in [4.69, 9.17) is 4.74 Å². The van der Waals surface area contributed by atoms with E-state index in [1.807, 2.05) is 36.4 Å². The maximum atomic E-state index is 12.4. The predicted octanol–water partition coefficient (Wildman–Crippen LogP) is 3.66. The third-order valence-corrected chi connectivity index (χ3v) is 4.29. The zero-order valence-corrected chi connectivity index (χ0v) is 16.3. The van der Waals surface area contributed by atoms with Gasteiger partial charge in [-0.25, -0.2) is 4.79 Å². The number of ether oxygens (including phenoxy) is 1. The molecular formula is C21H20N4O5. The molecule has 1 aromatic heterocycles. The van der Waals surface area contributed by atoms with Crippen LogP contribution in [0.4, 0.5) is 11.4 Å². The SMILES string of the molecule is CCOC(=O)c1cc(-c2ccccc2)ccc1NC(=O)CCn1cc([N+](=O)[O-])cn1. The molecule has 0 unspecified atom stereocenters. The molecule has 0 aliphatic carbocycles. The summed E-state index contributed by atoms with van der Waals surface area (Å²) in [6.45, 7) is 2.08. The van der Waals surface area contributed by atoms with Gasteiger partial charge >= 0.3 is 11.7 Å². The molecule has 0 saturated heterocycles. The molecular weight excluding hydrogens is 388 g/mol. The summed E-state index contributed by atoms with van der Waals surface area (Å²) in [4.78, 5) is 35.0.